The molecular formula is C18H14F3N3O2. The summed E-state index contributed by atoms with van der Waals surface area (Å²) < 4.78 is 39.2. The van der Waals surface area contributed by atoms with E-state index in [2.05, 4.69) is 10.1 Å². The van der Waals surface area contributed by atoms with Crippen LogP contribution in [0.15, 0.2) is 54.9 Å². The van der Waals surface area contributed by atoms with Gasteiger partial charge < -0.3 is 9.90 Å². The van der Waals surface area contributed by atoms with E-state index >= 15 is 0 Å². The first kappa shape index (κ1) is 17.8. The molecule has 0 radical (unpaired) electrons. The summed E-state index contributed by atoms with van der Waals surface area (Å²) in [4.78, 5) is 15.0. The molecule has 1 aromatic heterocycles. The maximum Gasteiger partial charge on any atom is 0.416 e. The SMILES string of the molecule is O=CC(CO)c1ccc(-c2ncn(-c3ccc(C(F)(F)F)cc3)n2)cc1. The van der Waals surface area contributed by atoms with Crippen LogP contribution in [-0.4, -0.2) is 32.8 Å². The molecule has 1 atom stereocenters. The maximum absolute atomic E-state index is 12.6. The fourth-order valence-corrected chi connectivity index (χ4v) is 2.43. The molecular weight excluding hydrogens is 347 g/mol. The Bertz CT molecular complexity index is 887. The third-order valence-electron chi connectivity index (χ3n) is 3.91. The van der Waals surface area contributed by atoms with Crippen LogP contribution in [0.4, 0.5) is 13.2 Å². The molecule has 0 saturated heterocycles. The van der Waals surface area contributed by atoms with Crippen molar-refractivity contribution in [2.24, 2.45) is 0 Å². The molecule has 26 heavy (non-hydrogen) atoms. The Morgan fingerprint density at radius 1 is 1.08 bits per heavy atom. The van der Waals surface area contributed by atoms with E-state index in [1.807, 2.05) is 0 Å². The van der Waals surface area contributed by atoms with E-state index in [1.165, 1.54) is 23.1 Å². The van der Waals surface area contributed by atoms with Gasteiger partial charge in [0.05, 0.1) is 23.8 Å². The van der Waals surface area contributed by atoms with Gasteiger partial charge in [0, 0.05) is 5.56 Å². The summed E-state index contributed by atoms with van der Waals surface area (Å²) in [6.07, 6.45) is -2.30. The molecule has 8 heteroatoms. The summed E-state index contributed by atoms with van der Waals surface area (Å²) >= 11 is 0. The topological polar surface area (TPSA) is 68.0 Å². The Balaban J connectivity index is 1.82. The number of aliphatic hydroxyl groups excluding tert-OH is 1. The molecule has 2 aromatic carbocycles. The molecule has 0 spiro atoms. The first-order valence-corrected chi connectivity index (χ1v) is 7.68. The smallest absolute Gasteiger partial charge is 0.395 e. The number of rotatable bonds is 5. The highest BCUT2D eigenvalue weighted by Crippen LogP contribution is 2.29. The summed E-state index contributed by atoms with van der Waals surface area (Å²) in [6.45, 7) is -0.274. The molecule has 134 valence electrons. The number of aldehydes is 1. The molecule has 1 heterocycles. The predicted octanol–water partition coefficient (Wildman–Crippen LogP) is 3.23. The summed E-state index contributed by atoms with van der Waals surface area (Å²) in [5.41, 5.74) is 1.08. The Morgan fingerprint density at radius 3 is 2.27 bits per heavy atom. The van der Waals surface area contributed by atoms with Crippen LogP contribution in [0.3, 0.4) is 0 Å². The van der Waals surface area contributed by atoms with Gasteiger partial charge in [0.15, 0.2) is 5.82 Å². The Labute approximate surface area is 146 Å². The van der Waals surface area contributed by atoms with E-state index in [1.54, 1.807) is 24.3 Å². The summed E-state index contributed by atoms with van der Waals surface area (Å²) in [6, 6.07) is 11.4. The van der Waals surface area contributed by atoms with Gasteiger partial charge >= 0.3 is 6.18 Å². The minimum Gasteiger partial charge on any atom is -0.395 e. The number of benzene rings is 2. The Kier molecular flexibility index (Phi) is 4.85. The number of hydrogen-bond acceptors (Lipinski definition) is 4. The molecule has 0 saturated carbocycles. The summed E-state index contributed by atoms with van der Waals surface area (Å²) in [7, 11) is 0. The third kappa shape index (κ3) is 3.65. The van der Waals surface area contributed by atoms with Crippen LogP contribution in [0, 0.1) is 0 Å². The lowest BCUT2D eigenvalue weighted by atomic mass is 10.0. The van der Waals surface area contributed by atoms with Crippen LogP contribution in [0.2, 0.25) is 0 Å². The zero-order valence-electron chi connectivity index (χ0n) is 13.4. The first-order chi connectivity index (χ1) is 12.4. The van der Waals surface area contributed by atoms with Crippen molar-refractivity contribution in [3.05, 3.63) is 66.0 Å². The molecule has 0 aliphatic carbocycles. The second-order valence-electron chi connectivity index (χ2n) is 5.60. The zero-order chi connectivity index (χ0) is 18.7. The van der Waals surface area contributed by atoms with Crippen molar-refractivity contribution in [3.63, 3.8) is 0 Å². The van der Waals surface area contributed by atoms with Crippen LogP contribution in [-0.2, 0) is 11.0 Å². The lowest BCUT2D eigenvalue weighted by Gasteiger charge is -2.07. The highest BCUT2D eigenvalue weighted by atomic mass is 19.4. The summed E-state index contributed by atoms with van der Waals surface area (Å²) in [5.74, 6) is -0.190. The van der Waals surface area contributed by atoms with E-state index < -0.39 is 17.7 Å². The van der Waals surface area contributed by atoms with E-state index in [9.17, 15) is 18.0 Å². The highest BCUT2D eigenvalue weighted by Gasteiger charge is 2.30. The first-order valence-electron chi connectivity index (χ1n) is 7.68. The monoisotopic (exact) mass is 361 g/mol. The molecule has 0 fully saturated rings. The molecule has 5 nitrogen and oxygen atoms in total. The van der Waals surface area contributed by atoms with Crippen molar-refractivity contribution in [2.75, 3.05) is 6.61 Å². The van der Waals surface area contributed by atoms with Crippen LogP contribution >= 0.6 is 0 Å². The van der Waals surface area contributed by atoms with Gasteiger partial charge in [-0.25, -0.2) is 9.67 Å². The quantitative estimate of drug-likeness (QED) is 0.709. The van der Waals surface area contributed by atoms with E-state index in [0.29, 0.717) is 28.9 Å². The van der Waals surface area contributed by atoms with Crippen LogP contribution in [0.5, 0.6) is 0 Å². The van der Waals surface area contributed by atoms with Crippen molar-refractivity contribution in [3.8, 4) is 17.1 Å². The second-order valence-corrected chi connectivity index (χ2v) is 5.60. The second kappa shape index (κ2) is 7.09. The molecule has 0 bridgehead atoms. The van der Waals surface area contributed by atoms with Crippen LogP contribution in [0.25, 0.3) is 17.1 Å². The van der Waals surface area contributed by atoms with Gasteiger partial charge in [-0.05, 0) is 29.8 Å². The lowest BCUT2D eigenvalue weighted by molar-refractivity contribution is -0.137. The molecule has 3 rings (SSSR count). The third-order valence-corrected chi connectivity index (χ3v) is 3.91. The van der Waals surface area contributed by atoms with Crippen molar-refractivity contribution < 1.29 is 23.1 Å². The van der Waals surface area contributed by atoms with Crippen molar-refractivity contribution in [1.82, 2.24) is 14.8 Å². The number of aliphatic hydroxyl groups is 1. The standard InChI is InChI=1S/C18H14F3N3O2/c19-18(20,21)15-5-7-16(8-6-15)24-11-22-17(23-24)13-3-1-12(2-4-13)14(9-25)10-26/h1-9,11,14,26H,10H2. The minimum absolute atomic E-state index is 0.274. The van der Waals surface area contributed by atoms with Gasteiger partial charge in [-0.2, -0.15) is 13.2 Å². The average molecular weight is 361 g/mol. The molecule has 1 unspecified atom stereocenters. The normalized spacial score (nSPS) is 12.8. The molecule has 1 N–H and O–H groups in total. The molecule has 0 aliphatic rings. The fourth-order valence-electron chi connectivity index (χ4n) is 2.43. The van der Waals surface area contributed by atoms with Gasteiger partial charge in [0.2, 0.25) is 0 Å². The Morgan fingerprint density at radius 2 is 1.73 bits per heavy atom. The molecule has 0 amide bonds. The number of halogens is 3. The van der Waals surface area contributed by atoms with Gasteiger partial charge in [0.1, 0.15) is 12.6 Å². The molecule has 3 aromatic rings. The van der Waals surface area contributed by atoms with Crippen molar-refractivity contribution in [1.29, 1.82) is 0 Å². The number of carbonyl (C=O) groups is 1. The fraction of sp³-hybridized carbons (Fsp3) is 0.167. The van der Waals surface area contributed by atoms with Gasteiger partial charge in [-0.3, -0.25) is 0 Å². The lowest BCUT2D eigenvalue weighted by Crippen LogP contribution is -2.05. The van der Waals surface area contributed by atoms with Crippen LogP contribution in [0.1, 0.15) is 17.0 Å². The summed E-state index contributed by atoms with van der Waals surface area (Å²) in [5, 5.41) is 13.4. The van der Waals surface area contributed by atoms with Gasteiger partial charge in [-0.15, -0.1) is 5.10 Å². The Hall–Kier alpha value is -3.00. The van der Waals surface area contributed by atoms with Crippen molar-refractivity contribution >= 4 is 6.29 Å². The van der Waals surface area contributed by atoms with Gasteiger partial charge in [0.25, 0.3) is 0 Å². The minimum atomic E-state index is -4.39. The maximum atomic E-state index is 12.6. The number of carbonyl (C=O) groups excluding carboxylic acids is 1. The van der Waals surface area contributed by atoms with Crippen LogP contribution < -0.4 is 0 Å². The van der Waals surface area contributed by atoms with Crippen molar-refractivity contribution in [2.45, 2.75) is 12.1 Å². The zero-order valence-corrected chi connectivity index (χ0v) is 13.4. The predicted molar refractivity (Wildman–Crippen MR) is 87.7 cm³/mol. The van der Waals surface area contributed by atoms with E-state index in [4.69, 9.17) is 5.11 Å². The number of alkyl halides is 3. The van der Waals surface area contributed by atoms with Gasteiger partial charge in [-0.1, -0.05) is 24.3 Å². The number of nitrogens with zero attached hydrogens (tertiary/aromatic N) is 3. The van der Waals surface area contributed by atoms with E-state index in [0.717, 1.165) is 12.1 Å². The number of hydrogen-bond donors (Lipinski definition) is 1. The molecule has 0 aliphatic heterocycles. The average Bonchev–Trinajstić information content (AvgIpc) is 3.13. The number of aromatic nitrogens is 3. The highest BCUT2D eigenvalue weighted by molar-refractivity contribution is 5.64. The largest absolute Gasteiger partial charge is 0.416 e. The van der Waals surface area contributed by atoms with E-state index in [-0.39, 0.29) is 6.61 Å².